The molecule has 4 unspecified atom stereocenters. The van der Waals surface area contributed by atoms with E-state index in [0.717, 1.165) is 30.9 Å². The van der Waals surface area contributed by atoms with Gasteiger partial charge in [0.05, 0.1) is 6.10 Å². The van der Waals surface area contributed by atoms with Gasteiger partial charge in [0, 0.05) is 38.0 Å². The van der Waals surface area contributed by atoms with Gasteiger partial charge >= 0.3 is 6.03 Å². The Bertz CT molecular complexity index is 648. The summed E-state index contributed by atoms with van der Waals surface area (Å²) in [7, 11) is 1.85. The smallest absolute Gasteiger partial charge is 0.321 e. The third-order valence-electron chi connectivity index (χ3n) is 6.17. The van der Waals surface area contributed by atoms with Crippen LogP contribution in [0.2, 0.25) is 0 Å². The van der Waals surface area contributed by atoms with Crippen molar-refractivity contribution >= 4 is 11.7 Å². The molecule has 3 aliphatic rings. The molecule has 7 heteroatoms. The average Bonchev–Trinajstić information content (AvgIpc) is 3.33. The van der Waals surface area contributed by atoms with Gasteiger partial charge in [0.2, 0.25) is 0 Å². The SMILES string of the molecule is CN(CC1NNC2CCCC21)C(=O)Nc1ccc(OCC2CCCCO2)cc1. The molecule has 154 valence electrons. The van der Waals surface area contributed by atoms with E-state index in [1.807, 2.05) is 31.3 Å². The van der Waals surface area contributed by atoms with E-state index in [1.54, 1.807) is 4.90 Å². The van der Waals surface area contributed by atoms with Gasteiger partial charge in [-0.15, -0.1) is 0 Å². The minimum Gasteiger partial charge on any atom is -0.491 e. The molecule has 4 rings (SSSR count). The molecule has 2 saturated heterocycles. The highest BCUT2D eigenvalue weighted by Crippen LogP contribution is 2.31. The molecule has 0 aromatic heterocycles. The largest absolute Gasteiger partial charge is 0.491 e. The first kappa shape index (κ1) is 19.5. The Morgan fingerprint density at radius 3 is 2.82 bits per heavy atom. The zero-order valence-electron chi connectivity index (χ0n) is 16.7. The second-order valence-electron chi connectivity index (χ2n) is 8.23. The highest BCUT2D eigenvalue weighted by atomic mass is 16.5. The quantitative estimate of drug-likeness (QED) is 0.699. The number of ether oxygens (including phenoxy) is 2. The lowest BCUT2D eigenvalue weighted by atomic mass is 9.97. The third kappa shape index (κ3) is 4.77. The molecule has 3 N–H and O–H groups in total. The number of carbonyl (C=O) groups excluding carboxylic acids is 1. The number of hydrazine groups is 1. The molecule has 2 heterocycles. The van der Waals surface area contributed by atoms with Gasteiger partial charge < -0.3 is 19.7 Å². The number of nitrogens with one attached hydrogen (secondary N) is 3. The highest BCUT2D eigenvalue weighted by Gasteiger charge is 2.39. The predicted octanol–water partition coefficient (Wildman–Crippen LogP) is 2.74. The number of benzene rings is 1. The minimum atomic E-state index is -0.0903. The molecule has 28 heavy (non-hydrogen) atoms. The van der Waals surface area contributed by atoms with Crippen molar-refractivity contribution in [3.63, 3.8) is 0 Å². The van der Waals surface area contributed by atoms with Crippen LogP contribution in [0, 0.1) is 5.92 Å². The van der Waals surface area contributed by atoms with Crippen molar-refractivity contribution in [3.05, 3.63) is 24.3 Å². The standard InChI is InChI=1S/C21H32N4O3/c1-25(13-20-18-6-4-7-19(18)23-24-20)21(26)22-15-8-10-16(11-9-15)28-14-17-5-2-3-12-27-17/h8-11,17-20,23-24H,2-7,12-14H2,1H3,(H,22,26). The summed E-state index contributed by atoms with van der Waals surface area (Å²) in [6.45, 7) is 2.11. The number of rotatable bonds is 6. The van der Waals surface area contributed by atoms with Crippen LogP contribution in [-0.2, 0) is 4.74 Å². The van der Waals surface area contributed by atoms with Crippen molar-refractivity contribution in [2.75, 3.05) is 32.1 Å². The van der Waals surface area contributed by atoms with Crippen LogP contribution in [0.1, 0.15) is 38.5 Å². The monoisotopic (exact) mass is 388 g/mol. The zero-order valence-corrected chi connectivity index (χ0v) is 16.7. The van der Waals surface area contributed by atoms with Crippen molar-refractivity contribution in [1.82, 2.24) is 15.8 Å². The molecule has 1 saturated carbocycles. The normalized spacial score (nSPS) is 29.3. The Labute approximate surface area is 167 Å². The summed E-state index contributed by atoms with van der Waals surface area (Å²) in [6.07, 6.45) is 7.35. The Hall–Kier alpha value is -1.83. The second-order valence-corrected chi connectivity index (χ2v) is 8.23. The molecule has 2 amide bonds. The van der Waals surface area contributed by atoms with Crippen molar-refractivity contribution < 1.29 is 14.3 Å². The van der Waals surface area contributed by atoms with E-state index in [4.69, 9.17) is 9.47 Å². The number of urea groups is 1. The molecule has 0 radical (unpaired) electrons. The van der Waals surface area contributed by atoms with Crippen LogP contribution in [0.25, 0.3) is 0 Å². The minimum absolute atomic E-state index is 0.0903. The Morgan fingerprint density at radius 1 is 1.18 bits per heavy atom. The van der Waals surface area contributed by atoms with E-state index in [9.17, 15) is 4.79 Å². The van der Waals surface area contributed by atoms with Crippen LogP contribution in [0.5, 0.6) is 5.75 Å². The predicted molar refractivity (Wildman–Crippen MR) is 108 cm³/mol. The topological polar surface area (TPSA) is 74.9 Å². The fraction of sp³-hybridized carbons (Fsp3) is 0.667. The lowest BCUT2D eigenvalue weighted by Crippen LogP contribution is -2.44. The van der Waals surface area contributed by atoms with Crippen molar-refractivity contribution in [1.29, 1.82) is 0 Å². The first-order valence-electron chi connectivity index (χ1n) is 10.6. The molecule has 7 nitrogen and oxygen atoms in total. The number of fused-ring (bicyclic) bond motifs is 1. The maximum atomic E-state index is 12.5. The first-order valence-corrected chi connectivity index (χ1v) is 10.6. The van der Waals surface area contributed by atoms with E-state index in [0.29, 0.717) is 31.2 Å². The summed E-state index contributed by atoms with van der Waals surface area (Å²) >= 11 is 0. The second kappa shape index (κ2) is 9.11. The van der Waals surface area contributed by atoms with E-state index >= 15 is 0 Å². The zero-order chi connectivity index (χ0) is 19.3. The van der Waals surface area contributed by atoms with Gasteiger partial charge in [0.1, 0.15) is 12.4 Å². The summed E-state index contributed by atoms with van der Waals surface area (Å²) in [4.78, 5) is 14.3. The number of hydrogen-bond donors (Lipinski definition) is 3. The fourth-order valence-corrected chi connectivity index (χ4v) is 4.51. The van der Waals surface area contributed by atoms with Crippen LogP contribution in [0.15, 0.2) is 24.3 Å². The Morgan fingerprint density at radius 2 is 2.04 bits per heavy atom. The van der Waals surface area contributed by atoms with Crippen LogP contribution in [-0.4, -0.2) is 55.9 Å². The van der Waals surface area contributed by atoms with Crippen LogP contribution in [0.4, 0.5) is 10.5 Å². The number of carbonyl (C=O) groups is 1. The Balaban J connectivity index is 1.22. The van der Waals surface area contributed by atoms with Gasteiger partial charge in [0.15, 0.2) is 0 Å². The average molecular weight is 389 g/mol. The number of nitrogens with zero attached hydrogens (tertiary/aromatic N) is 1. The van der Waals surface area contributed by atoms with Crippen molar-refractivity contribution in [3.8, 4) is 5.75 Å². The highest BCUT2D eigenvalue weighted by molar-refractivity contribution is 5.89. The fourth-order valence-electron chi connectivity index (χ4n) is 4.51. The van der Waals surface area contributed by atoms with Crippen LogP contribution in [0.3, 0.4) is 0 Å². The molecule has 3 fully saturated rings. The summed E-state index contributed by atoms with van der Waals surface area (Å²) < 4.78 is 11.5. The number of likely N-dealkylation sites (N-methyl/N-ethyl adjacent to an activating group) is 1. The third-order valence-corrected chi connectivity index (χ3v) is 6.17. The van der Waals surface area contributed by atoms with Crippen LogP contribution >= 0.6 is 0 Å². The van der Waals surface area contributed by atoms with Gasteiger partial charge in [-0.25, -0.2) is 4.79 Å². The molecular formula is C21H32N4O3. The summed E-state index contributed by atoms with van der Waals surface area (Å²) in [6, 6.07) is 8.34. The van der Waals surface area contributed by atoms with E-state index in [1.165, 1.54) is 25.7 Å². The lowest BCUT2D eigenvalue weighted by Gasteiger charge is -2.24. The van der Waals surface area contributed by atoms with Crippen LogP contribution < -0.4 is 20.9 Å². The lowest BCUT2D eigenvalue weighted by molar-refractivity contribution is -0.0110. The molecule has 2 aliphatic heterocycles. The van der Waals surface area contributed by atoms with E-state index < -0.39 is 0 Å². The van der Waals surface area contributed by atoms with Gasteiger partial charge in [0.25, 0.3) is 0 Å². The summed E-state index contributed by atoms with van der Waals surface area (Å²) in [5, 5.41) is 2.97. The summed E-state index contributed by atoms with van der Waals surface area (Å²) in [5.41, 5.74) is 7.50. The van der Waals surface area contributed by atoms with Gasteiger partial charge in [-0.2, -0.15) is 0 Å². The Kier molecular flexibility index (Phi) is 6.34. The molecule has 0 spiro atoms. The number of amides is 2. The van der Waals surface area contributed by atoms with Gasteiger partial charge in [-0.05, 0) is 62.3 Å². The van der Waals surface area contributed by atoms with Crippen molar-refractivity contribution in [2.45, 2.75) is 56.7 Å². The summed E-state index contributed by atoms with van der Waals surface area (Å²) in [5.74, 6) is 1.42. The number of hydrogen-bond acceptors (Lipinski definition) is 5. The number of anilines is 1. The van der Waals surface area contributed by atoms with Gasteiger partial charge in [-0.3, -0.25) is 10.9 Å². The molecule has 1 aliphatic carbocycles. The maximum Gasteiger partial charge on any atom is 0.321 e. The maximum absolute atomic E-state index is 12.5. The van der Waals surface area contributed by atoms with Crippen molar-refractivity contribution in [2.24, 2.45) is 5.92 Å². The van der Waals surface area contributed by atoms with E-state index in [-0.39, 0.29) is 12.1 Å². The molecule has 1 aromatic rings. The van der Waals surface area contributed by atoms with E-state index in [2.05, 4.69) is 16.2 Å². The molecule has 1 aromatic carbocycles. The molecular weight excluding hydrogens is 356 g/mol. The molecule has 4 atom stereocenters. The molecule has 0 bridgehead atoms. The van der Waals surface area contributed by atoms with Gasteiger partial charge in [-0.1, -0.05) is 6.42 Å². The first-order chi connectivity index (χ1) is 13.7.